The topological polar surface area (TPSA) is 226 Å². The summed E-state index contributed by atoms with van der Waals surface area (Å²) >= 11 is 0. The molecule has 0 saturated carbocycles. The zero-order valence-electron chi connectivity index (χ0n) is 20.4. The SMILES string of the molecule is CO[C@H]1[C@H](O[C@H]2[C@H](O[C@H]3[C@H](O)[C@@H](CO)O[C@@H](O)[C@@H]3NC(C)=O)O[C@@H](C)[C@H](O)[C@H]2O)O[C@@H](C)[C@H](O)[C@H]1O. The summed E-state index contributed by atoms with van der Waals surface area (Å²) in [5.41, 5.74) is 0. The highest BCUT2D eigenvalue weighted by Crippen LogP contribution is 2.33. The smallest absolute Gasteiger partial charge is 0.217 e. The van der Waals surface area contributed by atoms with Gasteiger partial charge < -0.3 is 69.5 Å². The molecule has 3 rings (SSSR count). The summed E-state index contributed by atoms with van der Waals surface area (Å²) in [6.45, 7) is 3.43. The molecule has 0 unspecified atom stereocenters. The van der Waals surface area contributed by atoms with Crippen LogP contribution in [0.15, 0.2) is 0 Å². The molecular weight excluding hydrogens is 490 g/mol. The molecule has 0 aliphatic carbocycles. The summed E-state index contributed by atoms with van der Waals surface area (Å²) in [5.74, 6) is -0.577. The summed E-state index contributed by atoms with van der Waals surface area (Å²) in [5, 5.41) is 74.8. The summed E-state index contributed by atoms with van der Waals surface area (Å²) in [4.78, 5) is 11.7. The van der Waals surface area contributed by atoms with E-state index in [1.54, 1.807) is 0 Å². The van der Waals surface area contributed by atoms with Gasteiger partial charge in [0, 0.05) is 14.0 Å². The number of ether oxygens (including phenoxy) is 6. The minimum absolute atomic E-state index is 0.577. The Morgan fingerprint density at radius 3 is 1.78 bits per heavy atom. The molecule has 0 aromatic rings. The normalized spacial score (nSPS) is 50.0. The van der Waals surface area contributed by atoms with Gasteiger partial charge in [0.1, 0.15) is 61.0 Å². The van der Waals surface area contributed by atoms with E-state index in [1.165, 1.54) is 27.9 Å². The molecule has 1 amide bonds. The van der Waals surface area contributed by atoms with Gasteiger partial charge in [-0.1, -0.05) is 0 Å². The summed E-state index contributed by atoms with van der Waals surface area (Å²) in [6.07, 6.45) is -19.1. The van der Waals surface area contributed by atoms with E-state index in [-0.39, 0.29) is 0 Å². The van der Waals surface area contributed by atoms with E-state index in [4.69, 9.17) is 28.4 Å². The van der Waals surface area contributed by atoms with Gasteiger partial charge in [0.15, 0.2) is 18.9 Å². The fourth-order valence-corrected chi connectivity index (χ4v) is 4.56. The molecule has 15 atom stereocenters. The van der Waals surface area contributed by atoms with Crippen molar-refractivity contribution < 1.29 is 69.0 Å². The fraction of sp³-hybridized carbons (Fsp3) is 0.952. The van der Waals surface area contributed by atoms with Gasteiger partial charge in [-0.3, -0.25) is 4.79 Å². The number of hydrogen-bond acceptors (Lipinski definition) is 14. The molecule has 0 spiro atoms. The van der Waals surface area contributed by atoms with Crippen molar-refractivity contribution in [1.29, 1.82) is 0 Å². The number of carbonyl (C=O) groups excluding carboxylic acids is 1. The highest BCUT2D eigenvalue weighted by Gasteiger charge is 2.53. The standard InChI is InChI=1S/C21H37NO14/c1-6-11(25)14(28)17(31-4)20(32-6)36-18-15(29)12(26)7(2)33-21(18)35-16-10(22-8(3)24)19(30)34-9(5-23)13(16)27/h6-7,9-21,23,25-30H,5H2,1-4H3,(H,22,24)/t6-,7-,9+,10+,11-,12-,13+,14+,15+,16+,17+,18+,19+,20-,21-/m0/s1. The van der Waals surface area contributed by atoms with Crippen LogP contribution >= 0.6 is 0 Å². The number of carbonyl (C=O) groups is 1. The molecule has 3 saturated heterocycles. The van der Waals surface area contributed by atoms with Crippen LogP contribution in [0.5, 0.6) is 0 Å². The first kappa shape index (κ1) is 29.5. The van der Waals surface area contributed by atoms with E-state index in [1.807, 2.05) is 0 Å². The first-order chi connectivity index (χ1) is 16.9. The maximum Gasteiger partial charge on any atom is 0.217 e. The van der Waals surface area contributed by atoms with Crippen molar-refractivity contribution in [3.05, 3.63) is 0 Å². The molecule has 15 nitrogen and oxygen atoms in total. The Bertz CT molecular complexity index is 731. The molecule has 0 aromatic heterocycles. The number of aliphatic hydroxyl groups excluding tert-OH is 7. The second kappa shape index (κ2) is 12.2. The zero-order chi connectivity index (χ0) is 26.9. The highest BCUT2D eigenvalue weighted by atomic mass is 16.8. The van der Waals surface area contributed by atoms with E-state index in [2.05, 4.69) is 5.32 Å². The van der Waals surface area contributed by atoms with Crippen molar-refractivity contribution in [2.24, 2.45) is 0 Å². The number of nitrogens with one attached hydrogen (secondary N) is 1. The van der Waals surface area contributed by atoms with E-state index in [0.717, 1.165) is 0 Å². The quantitative estimate of drug-likeness (QED) is 0.156. The average Bonchev–Trinajstić information content (AvgIpc) is 2.82. The van der Waals surface area contributed by atoms with E-state index >= 15 is 0 Å². The number of aliphatic hydroxyl groups is 7. The lowest BCUT2D eigenvalue weighted by molar-refractivity contribution is -0.378. The van der Waals surface area contributed by atoms with Crippen LogP contribution in [0.1, 0.15) is 20.8 Å². The van der Waals surface area contributed by atoms with Crippen LogP contribution in [0, 0.1) is 0 Å². The first-order valence-electron chi connectivity index (χ1n) is 11.7. The molecule has 3 aliphatic heterocycles. The second-order valence-electron chi connectivity index (χ2n) is 9.25. The van der Waals surface area contributed by atoms with Gasteiger partial charge in [0.25, 0.3) is 0 Å². The van der Waals surface area contributed by atoms with Crippen molar-refractivity contribution in [3.8, 4) is 0 Å². The molecule has 8 N–H and O–H groups in total. The van der Waals surface area contributed by atoms with Gasteiger partial charge in [0.2, 0.25) is 5.91 Å². The third-order valence-electron chi connectivity index (χ3n) is 6.67. The van der Waals surface area contributed by atoms with E-state index in [9.17, 15) is 40.5 Å². The van der Waals surface area contributed by atoms with Crippen molar-refractivity contribution in [2.75, 3.05) is 13.7 Å². The number of rotatable bonds is 7. The molecule has 3 heterocycles. The average molecular weight is 528 g/mol. The molecule has 210 valence electrons. The van der Waals surface area contributed by atoms with Crippen molar-refractivity contribution in [1.82, 2.24) is 5.32 Å². The number of hydrogen-bond donors (Lipinski definition) is 8. The molecule has 36 heavy (non-hydrogen) atoms. The summed E-state index contributed by atoms with van der Waals surface area (Å²) in [6, 6.07) is -1.31. The Balaban J connectivity index is 1.88. The number of methoxy groups -OCH3 is 1. The minimum Gasteiger partial charge on any atom is -0.394 e. The zero-order valence-corrected chi connectivity index (χ0v) is 20.4. The van der Waals surface area contributed by atoms with Crippen molar-refractivity contribution >= 4 is 5.91 Å². The molecule has 3 fully saturated rings. The van der Waals surface area contributed by atoms with Crippen LogP contribution in [0.25, 0.3) is 0 Å². The van der Waals surface area contributed by atoms with Crippen molar-refractivity contribution in [3.63, 3.8) is 0 Å². The van der Waals surface area contributed by atoms with Crippen LogP contribution < -0.4 is 5.32 Å². The van der Waals surface area contributed by atoms with E-state index < -0.39 is 105 Å². The monoisotopic (exact) mass is 527 g/mol. The third-order valence-corrected chi connectivity index (χ3v) is 6.67. The maximum atomic E-state index is 11.7. The lowest BCUT2D eigenvalue weighted by Crippen LogP contribution is -2.68. The largest absolute Gasteiger partial charge is 0.394 e. The Morgan fingerprint density at radius 2 is 1.28 bits per heavy atom. The van der Waals surface area contributed by atoms with Gasteiger partial charge >= 0.3 is 0 Å². The van der Waals surface area contributed by atoms with Crippen LogP contribution in [-0.2, 0) is 33.2 Å². The van der Waals surface area contributed by atoms with Gasteiger partial charge in [0.05, 0.1) is 18.8 Å². The Labute approximate surface area is 207 Å². The number of amides is 1. The minimum atomic E-state index is -1.67. The molecular formula is C21H37NO14. The highest BCUT2D eigenvalue weighted by molar-refractivity contribution is 5.73. The Kier molecular flexibility index (Phi) is 10.0. The van der Waals surface area contributed by atoms with Gasteiger partial charge in [-0.05, 0) is 13.8 Å². The lowest BCUT2D eigenvalue weighted by atomic mass is 9.95. The predicted octanol–water partition coefficient (Wildman–Crippen LogP) is -4.72. The summed E-state index contributed by atoms with van der Waals surface area (Å²) < 4.78 is 33.4. The van der Waals surface area contributed by atoms with Gasteiger partial charge in [-0.2, -0.15) is 0 Å². The summed E-state index contributed by atoms with van der Waals surface area (Å²) in [7, 11) is 1.25. The molecule has 15 heteroatoms. The molecule has 3 aliphatic rings. The first-order valence-corrected chi connectivity index (χ1v) is 11.7. The van der Waals surface area contributed by atoms with Crippen LogP contribution in [0.4, 0.5) is 0 Å². The Morgan fingerprint density at radius 1 is 0.778 bits per heavy atom. The molecule has 0 aromatic carbocycles. The van der Waals surface area contributed by atoms with Crippen molar-refractivity contribution in [2.45, 2.75) is 113 Å². The predicted molar refractivity (Wildman–Crippen MR) is 115 cm³/mol. The van der Waals surface area contributed by atoms with Crippen LogP contribution in [0.3, 0.4) is 0 Å². The lowest BCUT2D eigenvalue weighted by Gasteiger charge is -2.48. The Hall–Kier alpha value is -1.05. The van der Waals surface area contributed by atoms with Crippen LogP contribution in [0.2, 0.25) is 0 Å². The van der Waals surface area contributed by atoms with Gasteiger partial charge in [-0.25, -0.2) is 0 Å². The van der Waals surface area contributed by atoms with Gasteiger partial charge in [-0.15, -0.1) is 0 Å². The fourth-order valence-electron chi connectivity index (χ4n) is 4.56. The molecule has 0 bridgehead atoms. The van der Waals surface area contributed by atoms with Crippen LogP contribution in [-0.4, -0.2) is 147 Å². The maximum absolute atomic E-state index is 11.7. The molecule has 0 radical (unpaired) electrons. The third kappa shape index (κ3) is 5.99. The van der Waals surface area contributed by atoms with E-state index in [0.29, 0.717) is 0 Å². The second-order valence-corrected chi connectivity index (χ2v) is 9.25.